The van der Waals surface area contributed by atoms with Gasteiger partial charge >= 0.3 is 18.0 Å². The zero-order valence-electron chi connectivity index (χ0n) is 19.3. The van der Waals surface area contributed by atoms with E-state index in [1.807, 2.05) is 0 Å². The van der Waals surface area contributed by atoms with Crippen molar-refractivity contribution in [3.05, 3.63) is 57.6 Å². The minimum atomic E-state index is -5.19. The van der Waals surface area contributed by atoms with E-state index in [9.17, 15) is 27.9 Å². The molecule has 0 fully saturated rings. The topological polar surface area (TPSA) is 141 Å². The molecular weight excluding hydrogens is 467 g/mol. The van der Waals surface area contributed by atoms with Crippen LogP contribution < -0.4 is 21.0 Å². The number of aromatic amines is 2. The average molecular weight is 499 g/mol. The van der Waals surface area contributed by atoms with E-state index in [-0.39, 0.29) is 17.9 Å². The van der Waals surface area contributed by atoms with Crippen molar-refractivity contribution in [2.75, 3.05) is 6.54 Å². The third-order valence-corrected chi connectivity index (χ3v) is 5.81. The second-order valence-electron chi connectivity index (χ2n) is 8.54. The number of aromatic nitrogens is 2. The number of carboxylic acids is 2. The van der Waals surface area contributed by atoms with Crippen LogP contribution in [-0.4, -0.2) is 34.8 Å². The van der Waals surface area contributed by atoms with Gasteiger partial charge in [0.15, 0.2) is 5.69 Å². The van der Waals surface area contributed by atoms with E-state index in [2.05, 4.69) is 27.4 Å². The number of carbonyl (C=O) groups excluding carboxylic acids is 1. The average Bonchev–Trinajstić information content (AvgIpc) is 2.80. The number of H-pyrrole nitrogens is 2. The molecule has 1 atom stereocenters. The number of rotatable bonds is 10. The zero-order valence-corrected chi connectivity index (χ0v) is 19.3. The van der Waals surface area contributed by atoms with Crippen molar-refractivity contribution in [1.29, 1.82) is 0 Å². The number of fused-ring (bicyclic) bond motifs is 1. The molecule has 192 valence electrons. The standard InChI is InChI=1S/C22H29N3O3.C2HF3O2/c26-20-12-10-18(15-24-20)17(14-21(27)28)6-3-1-2-4-8-19-11-9-16-7-5-13-23-22(16)25-19;3-2(4,5)1(6)7/h9-12,15,17H,1-8,13-14H2,(H,23,25)(H,24,26)(H,27,28);(H,6,7)/p+1. The fraction of sp³-hybridized carbons (Fsp3) is 0.500. The summed E-state index contributed by atoms with van der Waals surface area (Å²) < 4.78 is 31.5. The smallest absolute Gasteiger partial charge is 0.430 e. The predicted molar refractivity (Wildman–Crippen MR) is 118 cm³/mol. The second-order valence-corrected chi connectivity index (χ2v) is 8.54. The molecule has 0 aliphatic carbocycles. The van der Waals surface area contributed by atoms with Gasteiger partial charge < -0.3 is 20.0 Å². The van der Waals surface area contributed by atoms with Gasteiger partial charge in [-0.25, -0.2) is 0 Å². The van der Waals surface area contributed by atoms with E-state index < -0.39 is 18.1 Å². The van der Waals surface area contributed by atoms with Gasteiger partial charge in [0.25, 0.3) is 0 Å². The fourth-order valence-electron chi connectivity index (χ4n) is 4.00. The molecule has 5 N–H and O–H groups in total. The Balaban J connectivity index is 0.000000540. The van der Waals surface area contributed by atoms with Crippen molar-refractivity contribution in [1.82, 2.24) is 4.98 Å². The Hall–Kier alpha value is -3.21. The molecule has 3 rings (SSSR count). The van der Waals surface area contributed by atoms with Gasteiger partial charge in [0, 0.05) is 31.2 Å². The molecule has 0 amide bonds. The molecule has 35 heavy (non-hydrogen) atoms. The van der Waals surface area contributed by atoms with Crippen LogP contribution in [0, 0.1) is 0 Å². The number of nitrogens with one attached hydrogen (secondary N) is 2. The summed E-state index contributed by atoms with van der Waals surface area (Å²) >= 11 is 0. The van der Waals surface area contributed by atoms with Crippen molar-refractivity contribution in [3.63, 3.8) is 0 Å². The molecule has 0 spiro atoms. The molecule has 8 nitrogen and oxygen atoms in total. The molecule has 1 aliphatic heterocycles. The van der Waals surface area contributed by atoms with Gasteiger partial charge in [0.05, 0.1) is 18.5 Å². The lowest BCUT2D eigenvalue weighted by Crippen LogP contribution is -2.82. The van der Waals surface area contributed by atoms with Crippen LogP contribution in [0.4, 0.5) is 19.0 Å². The SMILES string of the molecule is O=C(O)CC(CCCCCCc1ccc2c([nH+]1)[NH2+]CCC2)c1ccc(=O)[nH]c1.O=C([O-])C(F)(F)F. The summed E-state index contributed by atoms with van der Waals surface area (Å²) in [4.78, 5) is 37.4. The largest absolute Gasteiger partial charge is 0.542 e. The van der Waals surface area contributed by atoms with Crippen LogP contribution in [0.5, 0.6) is 0 Å². The lowest BCUT2D eigenvalue weighted by atomic mass is 9.91. The van der Waals surface area contributed by atoms with Gasteiger partial charge in [0.2, 0.25) is 5.56 Å². The highest BCUT2D eigenvalue weighted by molar-refractivity contribution is 5.70. The Morgan fingerprint density at radius 1 is 1.14 bits per heavy atom. The van der Waals surface area contributed by atoms with Crippen molar-refractivity contribution < 1.29 is 43.3 Å². The number of unbranched alkanes of at least 4 members (excludes halogenated alkanes) is 3. The van der Waals surface area contributed by atoms with Gasteiger partial charge in [-0.3, -0.25) is 14.9 Å². The van der Waals surface area contributed by atoms with E-state index in [0.717, 1.165) is 44.1 Å². The number of alkyl halides is 3. The number of nitrogens with two attached hydrogens (primary N) is 1. The van der Waals surface area contributed by atoms with Gasteiger partial charge in [-0.05, 0) is 36.8 Å². The van der Waals surface area contributed by atoms with Gasteiger partial charge in [-0.2, -0.15) is 18.2 Å². The molecule has 0 aromatic carbocycles. The molecule has 2 aromatic heterocycles. The first-order valence-corrected chi connectivity index (χ1v) is 11.6. The van der Waals surface area contributed by atoms with Crippen molar-refractivity contribution in [2.45, 2.75) is 69.9 Å². The van der Waals surface area contributed by atoms with Crippen LogP contribution in [-0.2, 0) is 22.4 Å². The summed E-state index contributed by atoms with van der Waals surface area (Å²) in [5.41, 5.74) is 3.48. The number of quaternary nitrogens is 1. The molecule has 3 heterocycles. The quantitative estimate of drug-likeness (QED) is 0.425. The number of pyridine rings is 2. The monoisotopic (exact) mass is 498 g/mol. The highest BCUT2D eigenvalue weighted by atomic mass is 19.4. The van der Waals surface area contributed by atoms with Crippen LogP contribution in [0.1, 0.15) is 67.7 Å². The Bertz CT molecular complexity index is 1020. The first-order valence-electron chi connectivity index (χ1n) is 11.6. The molecule has 0 radical (unpaired) electrons. The molecule has 11 heteroatoms. The van der Waals surface area contributed by atoms with Crippen LogP contribution >= 0.6 is 0 Å². The molecule has 0 saturated heterocycles. The molecule has 1 unspecified atom stereocenters. The maximum atomic E-state index is 11.2. The third kappa shape index (κ3) is 10.3. The first-order chi connectivity index (χ1) is 16.6. The van der Waals surface area contributed by atoms with E-state index in [1.54, 1.807) is 12.3 Å². The number of aryl methyl sites for hydroxylation is 2. The van der Waals surface area contributed by atoms with E-state index >= 15 is 0 Å². The van der Waals surface area contributed by atoms with Crippen molar-refractivity contribution in [3.8, 4) is 0 Å². The number of hydrogen-bond acceptors (Lipinski definition) is 4. The van der Waals surface area contributed by atoms with Crippen LogP contribution in [0.3, 0.4) is 0 Å². The minimum absolute atomic E-state index is 0.0427. The van der Waals surface area contributed by atoms with Gasteiger partial charge in [0.1, 0.15) is 5.97 Å². The second kappa shape index (κ2) is 13.6. The highest BCUT2D eigenvalue weighted by Gasteiger charge is 2.28. The normalized spacial score (nSPS) is 13.8. The Labute approximate surface area is 200 Å². The Morgan fingerprint density at radius 2 is 1.86 bits per heavy atom. The maximum Gasteiger partial charge on any atom is 0.430 e. The molecular formula is C24H31F3N3O5+. The number of carbonyl (C=O) groups is 2. The number of carboxylic acid groups (broad SMARTS) is 2. The first kappa shape index (κ1) is 28.0. The van der Waals surface area contributed by atoms with E-state index in [4.69, 9.17) is 9.90 Å². The molecule has 2 aromatic rings. The number of hydrogen-bond donors (Lipinski definition) is 3. The molecule has 0 bridgehead atoms. The third-order valence-electron chi connectivity index (χ3n) is 5.81. The van der Waals surface area contributed by atoms with Crippen molar-refractivity contribution in [2.24, 2.45) is 0 Å². The minimum Gasteiger partial charge on any atom is -0.542 e. The van der Waals surface area contributed by atoms with Gasteiger partial charge in [-0.1, -0.05) is 25.3 Å². The number of aliphatic carboxylic acids is 2. The molecule has 1 aliphatic rings. The van der Waals surface area contributed by atoms with Crippen LogP contribution in [0.15, 0.2) is 35.3 Å². The summed E-state index contributed by atoms with van der Waals surface area (Å²) in [5, 5.41) is 20.3. The Morgan fingerprint density at radius 3 is 2.49 bits per heavy atom. The Kier molecular flexibility index (Phi) is 10.9. The lowest BCUT2D eigenvalue weighted by molar-refractivity contribution is -0.653. The summed E-state index contributed by atoms with van der Waals surface area (Å²) in [6.45, 7) is 1.17. The van der Waals surface area contributed by atoms with E-state index in [0.29, 0.717) is 0 Å². The lowest BCUT2D eigenvalue weighted by Gasteiger charge is -2.14. The number of halogens is 3. The highest BCUT2D eigenvalue weighted by Crippen LogP contribution is 2.25. The fourth-order valence-corrected chi connectivity index (χ4v) is 4.00. The van der Waals surface area contributed by atoms with Crippen LogP contribution in [0.25, 0.3) is 0 Å². The van der Waals surface area contributed by atoms with Gasteiger partial charge in [-0.15, -0.1) is 0 Å². The van der Waals surface area contributed by atoms with Crippen LogP contribution in [0.2, 0.25) is 0 Å². The summed E-state index contributed by atoms with van der Waals surface area (Å²) in [5.74, 6) is -2.54. The zero-order chi connectivity index (χ0) is 25.8. The molecule has 0 saturated carbocycles. The van der Waals surface area contributed by atoms with Crippen molar-refractivity contribution >= 4 is 17.8 Å². The van der Waals surface area contributed by atoms with E-state index in [1.165, 1.54) is 42.5 Å². The summed E-state index contributed by atoms with van der Waals surface area (Å²) in [6, 6.07) is 7.70. The summed E-state index contributed by atoms with van der Waals surface area (Å²) in [7, 11) is 0. The summed E-state index contributed by atoms with van der Waals surface area (Å²) in [6.07, 6.45) is 5.24. The maximum absolute atomic E-state index is 11.2. The predicted octanol–water partition coefficient (Wildman–Crippen LogP) is 1.38.